The number of fused-ring (bicyclic) bond motifs is 10. The maximum Gasteiger partial charge on any atom is 0.264 e. The average Bonchev–Trinajstić information content (AvgIpc) is 3.62. The lowest BCUT2D eigenvalue weighted by Crippen LogP contribution is -2.14. The van der Waals surface area contributed by atoms with E-state index in [0.717, 1.165) is 96.2 Å². The third-order valence-corrected chi connectivity index (χ3v) is 10.9. The van der Waals surface area contributed by atoms with Crippen LogP contribution < -0.4 is 11.1 Å². The summed E-state index contributed by atoms with van der Waals surface area (Å²) in [6.45, 7) is 0. The predicted octanol–water partition coefficient (Wildman–Crippen LogP) is 9.19. The van der Waals surface area contributed by atoms with Crippen molar-refractivity contribution in [2.75, 3.05) is 0 Å². The fraction of sp³-hybridized carbons (Fsp3) is 0. The zero-order chi connectivity index (χ0) is 29.2. The molecule has 4 aromatic heterocycles. The number of para-hydroxylation sites is 4. The van der Waals surface area contributed by atoms with Gasteiger partial charge in [-0.15, -0.1) is 0 Å². The van der Waals surface area contributed by atoms with Crippen molar-refractivity contribution in [2.24, 2.45) is 0 Å². The molecule has 2 N–H and O–H groups in total. The third-order valence-electron chi connectivity index (χ3n) is 9.63. The number of halogens is 2. The minimum absolute atomic E-state index is 0.0570. The maximum atomic E-state index is 14.2. The van der Waals surface area contributed by atoms with Gasteiger partial charge in [-0.2, -0.15) is 0 Å². The number of H-pyrrole nitrogens is 2. The molecule has 0 aliphatic carbocycles. The number of imidazole rings is 2. The molecule has 206 valence electrons. The van der Waals surface area contributed by atoms with E-state index in [1.165, 1.54) is 0 Å². The molecule has 0 saturated carbocycles. The van der Waals surface area contributed by atoms with E-state index >= 15 is 0 Å². The lowest BCUT2D eigenvalue weighted by atomic mass is 9.86. The molecule has 0 radical (unpaired) electrons. The second-order valence-corrected chi connectivity index (χ2v) is 13.4. The first-order valence-corrected chi connectivity index (χ1v) is 15.8. The van der Waals surface area contributed by atoms with Crippen LogP contribution in [0.2, 0.25) is 0 Å². The van der Waals surface area contributed by atoms with Crippen LogP contribution in [0.25, 0.3) is 98.0 Å². The van der Waals surface area contributed by atoms with Crippen molar-refractivity contribution in [1.82, 2.24) is 18.8 Å². The highest BCUT2D eigenvalue weighted by atomic mass is 79.9. The SMILES string of the molecule is O=c1c2cc(Br)c3c4ccc5c6c(cc(Br)c(c7ccc(c2c73)c2[nH]c3ccccc3n12)c46)c(=O)n1c2ccccc2[nH]c51. The molecule has 8 heteroatoms. The average molecular weight is 696 g/mol. The lowest BCUT2D eigenvalue weighted by molar-refractivity contribution is 1.19. The zero-order valence-electron chi connectivity index (χ0n) is 22.5. The van der Waals surface area contributed by atoms with E-state index in [1.807, 2.05) is 60.7 Å². The Labute approximate surface area is 262 Å². The van der Waals surface area contributed by atoms with Gasteiger partial charge in [-0.05, 0) is 47.2 Å². The van der Waals surface area contributed by atoms with Crippen LogP contribution in [0.5, 0.6) is 0 Å². The van der Waals surface area contributed by atoms with Crippen LogP contribution in [0.3, 0.4) is 0 Å². The second-order valence-electron chi connectivity index (χ2n) is 11.6. The van der Waals surface area contributed by atoms with Gasteiger partial charge >= 0.3 is 0 Å². The largest absolute Gasteiger partial charge is 0.339 e. The van der Waals surface area contributed by atoms with E-state index in [-0.39, 0.29) is 11.1 Å². The van der Waals surface area contributed by atoms with Gasteiger partial charge in [-0.25, -0.2) is 0 Å². The van der Waals surface area contributed by atoms with Gasteiger partial charge < -0.3 is 9.97 Å². The Balaban J connectivity index is 1.44. The molecule has 0 saturated heterocycles. The highest BCUT2D eigenvalue weighted by molar-refractivity contribution is 9.11. The molecule has 11 rings (SSSR count). The van der Waals surface area contributed by atoms with Crippen molar-refractivity contribution in [3.63, 3.8) is 0 Å². The van der Waals surface area contributed by atoms with Gasteiger partial charge in [-0.3, -0.25) is 18.4 Å². The highest BCUT2D eigenvalue weighted by Gasteiger charge is 2.25. The topological polar surface area (TPSA) is 74.5 Å². The van der Waals surface area contributed by atoms with Crippen molar-refractivity contribution >= 4 is 130 Å². The molecular formula is C36H16Br2N4O2. The van der Waals surface area contributed by atoms with Crippen LogP contribution >= 0.6 is 31.9 Å². The standard InChI is InChI=1S/C36H16Br2N4O2/c37-21-13-19-27-17(33-39-23-5-1-3-7-25(23)41(33)35(19)43)11-9-15-30-22(38)14-20-28-18(12-10-16(32(28)30)29(21)31(15)27)34-40-24-6-2-4-8-26(24)42(34)36(20)44/h1-14,39-40H. The van der Waals surface area contributed by atoms with E-state index in [0.29, 0.717) is 10.8 Å². The number of nitrogens with one attached hydrogen (secondary N) is 2. The van der Waals surface area contributed by atoms with E-state index in [9.17, 15) is 9.59 Å². The molecular weight excluding hydrogens is 680 g/mol. The number of hydrogen-bond donors (Lipinski definition) is 2. The molecule has 0 aliphatic heterocycles. The molecule has 44 heavy (non-hydrogen) atoms. The van der Waals surface area contributed by atoms with Crippen LogP contribution in [-0.4, -0.2) is 18.8 Å². The minimum Gasteiger partial charge on any atom is -0.339 e. The fourth-order valence-corrected chi connectivity index (χ4v) is 9.22. The van der Waals surface area contributed by atoms with Gasteiger partial charge in [0.25, 0.3) is 11.1 Å². The van der Waals surface area contributed by atoms with Gasteiger partial charge in [-0.1, -0.05) is 80.4 Å². The quantitative estimate of drug-likeness (QED) is 0.123. The Morgan fingerprint density at radius 1 is 0.455 bits per heavy atom. The molecule has 11 aromatic rings. The zero-order valence-corrected chi connectivity index (χ0v) is 25.7. The Bertz CT molecular complexity index is 3020. The molecule has 7 aromatic carbocycles. The molecule has 6 nitrogen and oxygen atoms in total. The summed E-state index contributed by atoms with van der Waals surface area (Å²) in [6.07, 6.45) is 0. The van der Waals surface area contributed by atoms with Crippen LogP contribution in [0.4, 0.5) is 0 Å². The Morgan fingerprint density at radius 2 is 0.864 bits per heavy atom. The summed E-state index contributed by atoms with van der Waals surface area (Å²) in [5.41, 5.74) is 5.00. The normalized spacial score (nSPS) is 13.0. The number of aromatic amines is 2. The summed E-state index contributed by atoms with van der Waals surface area (Å²) in [5, 5.41) is 11.4. The minimum atomic E-state index is -0.0570. The third kappa shape index (κ3) is 2.50. The van der Waals surface area contributed by atoms with Crippen molar-refractivity contribution in [2.45, 2.75) is 0 Å². The molecule has 4 heterocycles. The lowest BCUT2D eigenvalue weighted by Gasteiger charge is -2.20. The first-order chi connectivity index (χ1) is 21.5. The van der Waals surface area contributed by atoms with E-state index in [2.05, 4.69) is 66.1 Å². The highest BCUT2D eigenvalue weighted by Crippen LogP contribution is 2.49. The summed E-state index contributed by atoms with van der Waals surface area (Å²) < 4.78 is 5.28. The number of pyridine rings is 2. The van der Waals surface area contributed by atoms with Gasteiger partial charge in [0.2, 0.25) is 0 Å². The molecule has 0 aliphatic rings. The van der Waals surface area contributed by atoms with E-state index in [1.54, 1.807) is 8.80 Å². The molecule has 0 atom stereocenters. The summed E-state index contributed by atoms with van der Waals surface area (Å²) in [4.78, 5) is 35.4. The van der Waals surface area contributed by atoms with Gasteiger partial charge in [0.1, 0.15) is 11.3 Å². The van der Waals surface area contributed by atoms with Gasteiger partial charge in [0.05, 0.1) is 32.8 Å². The van der Waals surface area contributed by atoms with E-state index in [4.69, 9.17) is 0 Å². The number of rotatable bonds is 0. The smallest absolute Gasteiger partial charge is 0.264 e. The van der Waals surface area contributed by atoms with Gasteiger partial charge in [0.15, 0.2) is 0 Å². The predicted molar refractivity (Wildman–Crippen MR) is 187 cm³/mol. The molecule has 0 fully saturated rings. The summed E-state index contributed by atoms with van der Waals surface area (Å²) in [6, 6.07) is 28.3. The van der Waals surface area contributed by atoms with E-state index < -0.39 is 0 Å². The van der Waals surface area contributed by atoms with Crippen LogP contribution in [0, 0.1) is 0 Å². The second kappa shape index (κ2) is 7.59. The molecule has 0 unspecified atom stereocenters. The molecule has 0 bridgehead atoms. The monoisotopic (exact) mass is 694 g/mol. The van der Waals surface area contributed by atoms with Crippen molar-refractivity contribution < 1.29 is 0 Å². The molecule has 0 spiro atoms. The first-order valence-electron chi connectivity index (χ1n) is 14.3. The Morgan fingerprint density at radius 3 is 1.32 bits per heavy atom. The fourth-order valence-electron chi connectivity index (χ4n) is 7.94. The van der Waals surface area contributed by atoms with Crippen LogP contribution in [0.15, 0.2) is 103 Å². The Kier molecular flexibility index (Phi) is 4.06. The van der Waals surface area contributed by atoms with Crippen molar-refractivity contribution in [3.8, 4) is 0 Å². The summed E-state index contributed by atoms with van der Waals surface area (Å²) in [7, 11) is 0. The maximum absolute atomic E-state index is 14.2. The Hall–Kier alpha value is -4.92. The summed E-state index contributed by atoms with van der Waals surface area (Å²) >= 11 is 7.80. The van der Waals surface area contributed by atoms with Crippen LogP contribution in [-0.2, 0) is 0 Å². The molecule has 0 amide bonds. The van der Waals surface area contributed by atoms with Crippen molar-refractivity contribution in [3.05, 3.63) is 115 Å². The van der Waals surface area contributed by atoms with Crippen molar-refractivity contribution in [1.29, 1.82) is 0 Å². The number of nitrogens with zero attached hydrogens (tertiary/aromatic N) is 2. The number of benzene rings is 7. The van der Waals surface area contributed by atoms with Crippen LogP contribution in [0.1, 0.15) is 0 Å². The number of aromatic nitrogens is 4. The first kappa shape index (κ1) is 23.5. The summed E-state index contributed by atoms with van der Waals surface area (Å²) in [5.74, 6) is 0. The van der Waals surface area contributed by atoms with Gasteiger partial charge in [0, 0.05) is 52.0 Å². The number of hydrogen-bond acceptors (Lipinski definition) is 2.